The molecule has 3 aromatic carbocycles. The number of quaternary nitrogens is 1. The van der Waals surface area contributed by atoms with Gasteiger partial charge in [-0.2, -0.15) is 0 Å². The summed E-state index contributed by atoms with van der Waals surface area (Å²) in [6.07, 6.45) is 2.17. The molecule has 5 rings (SSSR count). The van der Waals surface area contributed by atoms with E-state index in [0.717, 1.165) is 42.5 Å². The topological polar surface area (TPSA) is 22.9 Å². The third-order valence-corrected chi connectivity index (χ3v) is 7.37. The lowest BCUT2D eigenvalue weighted by Crippen LogP contribution is -3.12. The first-order chi connectivity index (χ1) is 16.0. The molecule has 0 fully saturated rings. The highest BCUT2D eigenvalue weighted by Gasteiger charge is 2.37. The Labute approximate surface area is 202 Å². The van der Waals surface area contributed by atoms with Crippen LogP contribution in [0.4, 0.5) is 0 Å². The maximum Gasteiger partial charge on any atom is 0.231 e. The third-order valence-electron chi connectivity index (χ3n) is 7.12. The number of benzene rings is 3. The summed E-state index contributed by atoms with van der Waals surface area (Å²) in [5.41, 5.74) is 6.93. The van der Waals surface area contributed by atoms with Crippen LogP contribution in [-0.4, -0.2) is 13.3 Å². The lowest BCUT2D eigenvalue weighted by Gasteiger charge is -2.38. The Morgan fingerprint density at radius 1 is 0.909 bits per heavy atom. The molecule has 3 nitrogen and oxygen atoms in total. The Kier molecular flexibility index (Phi) is 6.36. The Balaban J connectivity index is 1.49. The van der Waals surface area contributed by atoms with E-state index < -0.39 is 0 Å². The lowest BCUT2D eigenvalue weighted by molar-refractivity contribution is -0.949. The predicted octanol–water partition coefficient (Wildman–Crippen LogP) is 5.75. The summed E-state index contributed by atoms with van der Waals surface area (Å²) < 4.78 is 11.5. The first-order valence-corrected chi connectivity index (χ1v) is 12.5. The van der Waals surface area contributed by atoms with Crippen molar-refractivity contribution in [3.05, 3.63) is 93.5 Å². The highest BCUT2D eigenvalue weighted by molar-refractivity contribution is 6.30. The fourth-order valence-electron chi connectivity index (χ4n) is 5.48. The van der Waals surface area contributed by atoms with Crippen molar-refractivity contribution in [1.29, 1.82) is 0 Å². The summed E-state index contributed by atoms with van der Waals surface area (Å²) >= 11 is 6.15. The van der Waals surface area contributed by atoms with Crippen molar-refractivity contribution >= 4 is 11.6 Å². The van der Waals surface area contributed by atoms with Crippen molar-refractivity contribution in [2.45, 2.75) is 52.1 Å². The highest BCUT2D eigenvalue weighted by Crippen LogP contribution is 2.41. The molecule has 0 aromatic heterocycles. The molecule has 0 amide bonds. The van der Waals surface area contributed by atoms with Gasteiger partial charge in [-0.1, -0.05) is 68.8 Å². The molecule has 172 valence electrons. The number of hydrogen-bond donors (Lipinski definition) is 1. The smallest absolute Gasteiger partial charge is 0.231 e. The fourth-order valence-corrected chi connectivity index (χ4v) is 5.61. The first-order valence-electron chi connectivity index (χ1n) is 12.1. The average molecular weight is 463 g/mol. The monoisotopic (exact) mass is 462 g/mol. The van der Waals surface area contributed by atoms with E-state index in [1.165, 1.54) is 27.8 Å². The molecule has 33 heavy (non-hydrogen) atoms. The maximum atomic E-state index is 6.15. The molecule has 3 aromatic rings. The summed E-state index contributed by atoms with van der Waals surface area (Å²) in [7, 11) is 0. The number of ether oxygens (including phenoxy) is 2. The molecular weight excluding hydrogens is 430 g/mol. The molecule has 0 saturated heterocycles. The van der Waals surface area contributed by atoms with E-state index >= 15 is 0 Å². The van der Waals surface area contributed by atoms with E-state index in [2.05, 4.69) is 69.3 Å². The van der Waals surface area contributed by atoms with Gasteiger partial charge in [-0.05, 0) is 53.3 Å². The minimum Gasteiger partial charge on any atom is -0.454 e. The van der Waals surface area contributed by atoms with Gasteiger partial charge >= 0.3 is 0 Å². The van der Waals surface area contributed by atoms with Crippen LogP contribution in [0.25, 0.3) is 0 Å². The number of fused-ring (bicyclic) bond motifs is 2. The van der Waals surface area contributed by atoms with Gasteiger partial charge in [0, 0.05) is 28.5 Å². The van der Waals surface area contributed by atoms with Crippen LogP contribution in [0.1, 0.15) is 60.5 Å². The molecule has 0 radical (unpaired) electrons. The van der Waals surface area contributed by atoms with E-state index in [-0.39, 0.29) is 0 Å². The average Bonchev–Trinajstić information content (AvgIpc) is 3.26. The van der Waals surface area contributed by atoms with E-state index in [1.807, 2.05) is 12.1 Å². The molecule has 2 heterocycles. The van der Waals surface area contributed by atoms with Crippen molar-refractivity contribution in [2.75, 3.05) is 13.3 Å². The van der Waals surface area contributed by atoms with Crippen LogP contribution in [0.3, 0.4) is 0 Å². The van der Waals surface area contributed by atoms with Crippen LogP contribution >= 0.6 is 11.6 Å². The minimum absolute atomic E-state index is 0.317. The van der Waals surface area contributed by atoms with Gasteiger partial charge in [0.15, 0.2) is 11.5 Å². The maximum absolute atomic E-state index is 6.15. The van der Waals surface area contributed by atoms with Crippen LogP contribution in [0.5, 0.6) is 11.5 Å². The lowest BCUT2D eigenvalue weighted by atomic mass is 9.81. The number of rotatable bonds is 6. The second-order valence-corrected chi connectivity index (χ2v) is 10.4. The molecule has 0 spiro atoms. The first kappa shape index (κ1) is 22.3. The van der Waals surface area contributed by atoms with Gasteiger partial charge in [-0.3, -0.25) is 0 Å². The molecule has 2 aliphatic heterocycles. The van der Waals surface area contributed by atoms with Gasteiger partial charge in [0.05, 0.1) is 6.54 Å². The molecule has 4 heteroatoms. The molecule has 3 atom stereocenters. The summed E-state index contributed by atoms with van der Waals surface area (Å²) in [4.78, 5) is 1.59. The zero-order valence-corrected chi connectivity index (χ0v) is 20.5. The summed E-state index contributed by atoms with van der Waals surface area (Å²) in [6.45, 7) is 9.32. The largest absolute Gasteiger partial charge is 0.454 e. The van der Waals surface area contributed by atoms with Crippen molar-refractivity contribution < 1.29 is 14.4 Å². The minimum atomic E-state index is 0.317. The van der Waals surface area contributed by atoms with Gasteiger partial charge < -0.3 is 14.4 Å². The van der Waals surface area contributed by atoms with E-state index in [1.54, 1.807) is 4.90 Å². The Morgan fingerprint density at radius 2 is 1.58 bits per heavy atom. The normalized spacial score (nSPS) is 20.0. The van der Waals surface area contributed by atoms with E-state index in [0.29, 0.717) is 24.7 Å². The molecule has 1 N–H and O–H groups in total. The van der Waals surface area contributed by atoms with Crippen LogP contribution in [0.2, 0.25) is 5.02 Å². The molecule has 1 unspecified atom stereocenters. The van der Waals surface area contributed by atoms with Gasteiger partial charge in [0.25, 0.3) is 0 Å². The van der Waals surface area contributed by atoms with Crippen molar-refractivity contribution in [3.63, 3.8) is 0 Å². The molecule has 0 bridgehead atoms. The standard InChI is InChI=1S/C29H32ClNO2/c1-19(2)14-21-4-8-23(9-5-21)20(3)29-26-16-28-27(32-18-33-28)15-24(26)12-13-31(29)17-22-6-10-25(30)11-7-22/h4-11,15-16,19-20,29H,12-14,17-18H2,1-3H3/p+1/t20-,29-/m0/s1. The van der Waals surface area contributed by atoms with Crippen molar-refractivity contribution in [2.24, 2.45) is 5.92 Å². The molecule has 2 aliphatic rings. The van der Waals surface area contributed by atoms with E-state index in [9.17, 15) is 0 Å². The second-order valence-electron chi connectivity index (χ2n) is 9.97. The quantitative estimate of drug-likeness (QED) is 0.503. The van der Waals surface area contributed by atoms with Crippen molar-refractivity contribution in [3.8, 4) is 11.5 Å². The fraction of sp³-hybridized carbons (Fsp3) is 0.379. The van der Waals surface area contributed by atoms with Gasteiger partial charge in [-0.25, -0.2) is 0 Å². The van der Waals surface area contributed by atoms with Gasteiger partial charge in [0.2, 0.25) is 6.79 Å². The SMILES string of the molecule is CC(C)Cc1ccc([C@H](C)[C@H]2c3cc4c(cc3CC[NH+]2Cc2ccc(Cl)cc2)OCO4)cc1. The third kappa shape index (κ3) is 4.76. The van der Waals surface area contributed by atoms with Gasteiger partial charge in [-0.15, -0.1) is 0 Å². The molecule has 0 aliphatic carbocycles. The zero-order valence-electron chi connectivity index (χ0n) is 19.7. The van der Waals surface area contributed by atoms with Gasteiger partial charge in [0.1, 0.15) is 12.6 Å². The van der Waals surface area contributed by atoms with Crippen LogP contribution in [0.15, 0.2) is 60.7 Å². The highest BCUT2D eigenvalue weighted by atomic mass is 35.5. The number of hydrogen-bond acceptors (Lipinski definition) is 2. The number of halogens is 1. The Bertz CT molecular complexity index is 1110. The van der Waals surface area contributed by atoms with Crippen molar-refractivity contribution in [1.82, 2.24) is 0 Å². The Morgan fingerprint density at radius 3 is 2.27 bits per heavy atom. The summed E-state index contributed by atoms with van der Waals surface area (Å²) in [6, 6.07) is 22.4. The van der Waals surface area contributed by atoms with E-state index in [4.69, 9.17) is 21.1 Å². The van der Waals surface area contributed by atoms with Crippen LogP contribution in [0, 0.1) is 5.92 Å². The molecular formula is C29H33ClNO2+. The molecule has 0 saturated carbocycles. The van der Waals surface area contributed by atoms with Crippen LogP contribution < -0.4 is 14.4 Å². The van der Waals surface area contributed by atoms with Crippen LogP contribution in [-0.2, 0) is 19.4 Å². The predicted molar refractivity (Wildman–Crippen MR) is 133 cm³/mol. The summed E-state index contributed by atoms with van der Waals surface area (Å²) in [5, 5.41) is 0.789. The Hall–Kier alpha value is -2.49. The second kappa shape index (κ2) is 9.40. The number of nitrogens with one attached hydrogen (secondary N) is 1. The zero-order chi connectivity index (χ0) is 22.9. The summed E-state index contributed by atoms with van der Waals surface area (Å²) in [5.74, 6) is 2.81.